The SMILES string of the molecule is CC1CCC(O)(C(F)(F)F)C(C)C1. The molecule has 1 nitrogen and oxygen atoms in total. The summed E-state index contributed by atoms with van der Waals surface area (Å²) in [7, 11) is 0. The second kappa shape index (κ2) is 3.15. The Morgan fingerprint density at radius 3 is 2.23 bits per heavy atom. The molecule has 0 aromatic heterocycles. The fourth-order valence-corrected chi connectivity index (χ4v) is 2.05. The van der Waals surface area contributed by atoms with Crippen LogP contribution in [0.5, 0.6) is 0 Å². The van der Waals surface area contributed by atoms with Crippen molar-refractivity contribution in [2.24, 2.45) is 11.8 Å². The Morgan fingerprint density at radius 1 is 1.31 bits per heavy atom. The van der Waals surface area contributed by atoms with E-state index < -0.39 is 17.7 Å². The quantitative estimate of drug-likeness (QED) is 0.631. The number of alkyl halides is 3. The number of halogens is 3. The molecule has 78 valence electrons. The Labute approximate surface area is 75.9 Å². The predicted molar refractivity (Wildman–Crippen MR) is 43.2 cm³/mol. The minimum Gasteiger partial charge on any atom is -0.380 e. The van der Waals surface area contributed by atoms with Crippen LogP contribution in [0.4, 0.5) is 13.2 Å². The highest BCUT2D eigenvalue weighted by molar-refractivity contribution is 4.95. The summed E-state index contributed by atoms with van der Waals surface area (Å²) in [4.78, 5) is 0. The van der Waals surface area contributed by atoms with Gasteiger partial charge in [-0.25, -0.2) is 0 Å². The van der Waals surface area contributed by atoms with E-state index >= 15 is 0 Å². The summed E-state index contributed by atoms with van der Waals surface area (Å²) in [6.07, 6.45) is -3.72. The fraction of sp³-hybridized carbons (Fsp3) is 1.00. The molecule has 3 unspecified atom stereocenters. The molecule has 0 bridgehead atoms. The van der Waals surface area contributed by atoms with Crippen LogP contribution in [0, 0.1) is 11.8 Å². The third kappa shape index (κ3) is 1.82. The third-order valence-corrected chi connectivity index (χ3v) is 3.08. The minimum absolute atomic E-state index is 0.154. The van der Waals surface area contributed by atoms with Crippen molar-refractivity contribution in [3.8, 4) is 0 Å². The Morgan fingerprint density at radius 2 is 1.85 bits per heavy atom. The third-order valence-electron chi connectivity index (χ3n) is 3.08. The molecule has 0 heterocycles. The van der Waals surface area contributed by atoms with Crippen molar-refractivity contribution in [2.45, 2.75) is 44.9 Å². The zero-order valence-corrected chi connectivity index (χ0v) is 7.86. The van der Waals surface area contributed by atoms with Crippen molar-refractivity contribution in [3.63, 3.8) is 0 Å². The molecule has 13 heavy (non-hydrogen) atoms. The summed E-state index contributed by atoms with van der Waals surface area (Å²) in [5.74, 6) is -0.395. The largest absolute Gasteiger partial charge is 0.417 e. The van der Waals surface area contributed by atoms with Crippen LogP contribution in [0.15, 0.2) is 0 Å². The standard InChI is InChI=1S/C9H15F3O/c1-6-3-4-8(13,7(2)5-6)9(10,11)12/h6-7,13H,3-5H2,1-2H3. The number of aliphatic hydroxyl groups is 1. The van der Waals surface area contributed by atoms with E-state index in [1.54, 1.807) is 0 Å². The highest BCUT2D eigenvalue weighted by Gasteiger charge is 2.57. The van der Waals surface area contributed by atoms with E-state index in [1.165, 1.54) is 6.92 Å². The van der Waals surface area contributed by atoms with Gasteiger partial charge in [-0.1, -0.05) is 13.8 Å². The lowest BCUT2D eigenvalue weighted by Crippen LogP contribution is -2.53. The number of hydrogen-bond donors (Lipinski definition) is 1. The number of hydrogen-bond acceptors (Lipinski definition) is 1. The van der Waals surface area contributed by atoms with E-state index in [0.717, 1.165) is 0 Å². The maximum Gasteiger partial charge on any atom is 0.417 e. The molecule has 0 radical (unpaired) electrons. The van der Waals surface area contributed by atoms with E-state index in [-0.39, 0.29) is 12.3 Å². The molecule has 1 rings (SSSR count). The molecular weight excluding hydrogens is 181 g/mol. The van der Waals surface area contributed by atoms with E-state index in [9.17, 15) is 18.3 Å². The van der Waals surface area contributed by atoms with Crippen LogP contribution in [0.3, 0.4) is 0 Å². The van der Waals surface area contributed by atoms with Gasteiger partial charge < -0.3 is 5.11 Å². The molecule has 0 aliphatic heterocycles. The van der Waals surface area contributed by atoms with E-state index in [2.05, 4.69) is 0 Å². The minimum atomic E-state index is -4.48. The van der Waals surface area contributed by atoms with Crippen LogP contribution in [0.25, 0.3) is 0 Å². The summed E-state index contributed by atoms with van der Waals surface area (Å²) in [5, 5.41) is 9.47. The maximum absolute atomic E-state index is 12.5. The van der Waals surface area contributed by atoms with Gasteiger partial charge in [-0.2, -0.15) is 13.2 Å². The molecule has 0 aromatic carbocycles. The van der Waals surface area contributed by atoms with Gasteiger partial charge in [0.15, 0.2) is 5.60 Å². The zero-order chi connectivity index (χ0) is 10.3. The monoisotopic (exact) mass is 196 g/mol. The van der Waals surface area contributed by atoms with Crippen molar-refractivity contribution < 1.29 is 18.3 Å². The Kier molecular flexibility index (Phi) is 2.63. The van der Waals surface area contributed by atoms with Gasteiger partial charge >= 0.3 is 6.18 Å². The normalized spacial score (nSPS) is 42.0. The molecule has 1 aliphatic carbocycles. The average Bonchev–Trinajstić information content (AvgIpc) is 1.95. The first-order chi connectivity index (χ1) is 5.77. The molecule has 4 heteroatoms. The first kappa shape index (κ1) is 10.8. The summed E-state index contributed by atoms with van der Waals surface area (Å²) >= 11 is 0. The van der Waals surface area contributed by atoms with Crippen LogP contribution < -0.4 is 0 Å². The highest BCUT2D eigenvalue weighted by Crippen LogP contribution is 2.46. The van der Waals surface area contributed by atoms with Crippen LogP contribution in [0.2, 0.25) is 0 Å². The van der Waals surface area contributed by atoms with Gasteiger partial charge in [0.1, 0.15) is 0 Å². The van der Waals surface area contributed by atoms with Crippen molar-refractivity contribution >= 4 is 0 Å². The molecule has 0 aromatic rings. The van der Waals surface area contributed by atoms with E-state index in [0.29, 0.717) is 12.8 Å². The lowest BCUT2D eigenvalue weighted by molar-refractivity contribution is -0.288. The molecular formula is C9H15F3O. The molecule has 1 saturated carbocycles. The molecule has 1 aliphatic rings. The molecule has 0 amide bonds. The lowest BCUT2D eigenvalue weighted by Gasteiger charge is -2.41. The first-order valence-corrected chi connectivity index (χ1v) is 4.56. The van der Waals surface area contributed by atoms with Gasteiger partial charge in [0.2, 0.25) is 0 Å². The van der Waals surface area contributed by atoms with Gasteiger partial charge in [0.05, 0.1) is 0 Å². The molecule has 3 atom stereocenters. The summed E-state index contributed by atoms with van der Waals surface area (Å²) in [5.41, 5.74) is -2.44. The number of rotatable bonds is 0. The lowest BCUT2D eigenvalue weighted by atomic mass is 9.72. The van der Waals surface area contributed by atoms with Crippen LogP contribution >= 0.6 is 0 Å². The summed E-state index contributed by atoms with van der Waals surface area (Å²) < 4.78 is 37.4. The van der Waals surface area contributed by atoms with Gasteiger partial charge in [0, 0.05) is 0 Å². The van der Waals surface area contributed by atoms with Crippen molar-refractivity contribution in [3.05, 3.63) is 0 Å². The Hall–Kier alpha value is -0.250. The van der Waals surface area contributed by atoms with Crippen LogP contribution in [-0.4, -0.2) is 16.9 Å². The fourth-order valence-electron chi connectivity index (χ4n) is 2.05. The van der Waals surface area contributed by atoms with Gasteiger partial charge in [-0.05, 0) is 31.1 Å². The smallest absolute Gasteiger partial charge is 0.380 e. The summed E-state index contributed by atoms with van der Waals surface area (Å²) in [6, 6.07) is 0. The highest BCUT2D eigenvalue weighted by atomic mass is 19.4. The van der Waals surface area contributed by atoms with E-state index in [1.807, 2.05) is 6.92 Å². The van der Waals surface area contributed by atoms with Crippen molar-refractivity contribution in [1.29, 1.82) is 0 Å². The van der Waals surface area contributed by atoms with Gasteiger partial charge in [-0.3, -0.25) is 0 Å². The summed E-state index contributed by atoms with van der Waals surface area (Å²) in [6.45, 7) is 3.40. The Balaban J connectivity index is 2.79. The first-order valence-electron chi connectivity index (χ1n) is 4.56. The second-order valence-electron chi connectivity index (χ2n) is 4.20. The maximum atomic E-state index is 12.5. The average molecular weight is 196 g/mol. The topological polar surface area (TPSA) is 20.2 Å². The zero-order valence-electron chi connectivity index (χ0n) is 7.86. The second-order valence-corrected chi connectivity index (χ2v) is 4.20. The van der Waals surface area contributed by atoms with Gasteiger partial charge in [0.25, 0.3) is 0 Å². The molecule has 1 fully saturated rings. The molecule has 0 spiro atoms. The van der Waals surface area contributed by atoms with Crippen molar-refractivity contribution in [2.75, 3.05) is 0 Å². The van der Waals surface area contributed by atoms with E-state index in [4.69, 9.17) is 0 Å². The predicted octanol–water partition coefficient (Wildman–Crippen LogP) is 2.74. The van der Waals surface area contributed by atoms with Gasteiger partial charge in [-0.15, -0.1) is 0 Å². The Bertz CT molecular complexity index is 190. The molecule has 1 N–H and O–H groups in total. The van der Waals surface area contributed by atoms with Crippen LogP contribution in [-0.2, 0) is 0 Å². The van der Waals surface area contributed by atoms with Crippen LogP contribution in [0.1, 0.15) is 33.1 Å². The molecule has 0 saturated heterocycles. The van der Waals surface area contributed by atoms with Crippen molar-refractivity contribution in [1.82, 2.24) is 0 Å².